The molecule has 1 fully saturated rings. The Bertz CT molecular complexity index is 690. The summed E-state index contributed by atoms with van der Waals surface area (Å²) in [5, 5.41) is 7.88. The molecule has 1 saturated heterocycles. The normalized spacial score (nSPS) is 19.1. The number of likely N-dealkylation sites (N-methyl/N-ethyl adjacent to an activating group) is 1. The molecular weight excluding hydrogens is 266 g/mol. The van der Waals surface area contributed by atoms with Crippen molar-refractivity contribution in [3.63, 3.8) is 0 Å². The van der Waals surface area contributed by atoms with Crippen molar-refractivity contribution in [2.24, 2.45) is 0 Å². The Labute approximate surface area is 123 Å². The molecule has 112 valence electrons. The van der Waals surface area contributed by atoms with Crippen LogP contribution in [0, 0.1) is 0 Å². The Morgan fingerprint density at radius 2 is 2.14 bits per heavy atom. The Hall–Kier alpha value is -2.08. The van der Waals surface area contributed by atoms with E-state index in [-0.39, 0.29) is 11.4 Å². The minimum Gasteiger partial charge on any atom is -0.399 e. The highest BCUT2D eigenvalue weighted by Gasteiger charge is 2.34. The molecule has 3 rings (SSSR count). The largest absolute Gasteiger partial charge is 0.399 e. The third-order valence-corrected chi connectivity index (χ3v) is 4.39. The number of hydrogen-bond acceptors (Lipinski definition) is 4. The van der Waals surface area contributed by atoms with Gasteiger partial charge in [-0.2, -0.15) is 5.10 Å². The van der Waals surface area contributed by atoms with Crippen molar-refractivity contribution in [3.05, 3.63) is 23.9 Å². The zero-order valence-corrected chi connectivity index (χ0v) is 12.7. The summed E-state index contributed by atoms with van der Waals surface area (Å²) in [6.45, 7) is 6.57. The van der Waals surface area contributed by atoms with Crippen molar-refractivity contribution in [2.75, 3.05) is 32.4 Å². The van der Waals surface area contributed by atoms with Crippen LogP contribution in [-0.4, -0.2) is 58.1 Å². The molecule has 0 atom stereocenters. The molecule has 1 aromatic carbocycles. The number of piperazine rings is 1. The first-order valence-electron chi connectivity index (χ1n) is 7.12. The summed E-state index contributed by atoms with van der Waals surface area (Å²) in [6.07, 6.45) is 0. The fraction of sp³-hybridized carbons (Fsp3) is 0.467. The van der Waals surface area contributed by atoms with Crippen LogP contribution in [0.2, 0.25) is 0 Å². The van der Waals surface area contributed by atoms with Gasteiger partial charge in [-0.05, 0) is 39.1 Å². The molecular formula is C15H21N5O. The van der Waals surface area contributed by atoms with E-state index >= 15 is 0 Å². The van der Waals surface area contributed by atoms with Crippen LogP contribution in [0.1, 0.15) is 24.3 Å². The van der Waals surface area contributed by atoms with Crippen LogP contribution in [-0.2, 0) is 0 Å². The second-order valence-corrected chi connectivity index (χ2v) is 6.34. The Morgan fingerprint density at radius 3 is 2.86 bits per heavy atom. The molecule has 0 saturated carbocycles. The molecule has 1 amide bonds. The standard InChI is InChI=1S/C15H21N5O/c1-15(2)9-20(7-6-19(15)3)14(21)13-11-8-10(16)4-5-12(11)17-18-13/h4-5,8H,6-7,9,16H2,1-3H3,(H,17,18). The van der Waals surface area contributed by atoms with Gasteiger partial charge in [0.15, 0.2) is 5.69 Å². The third-order valence-electron chi connectivity index (χ3n) is 4.39. The number of fused-ring (bicyclic) bond motifs is 1. The molecule has 1 aliphatic rings. The molecule has 2 aromatic rings. The molecule has 0 bridgehead atoms. The number of nitrogen functional groups attached to an aromatic ring is 1. The van der Waals surface area contributed by atoms with Crippen LogP contribution < -0.4 is 5.73 Å². The number of carbonyl (C=O) groups excluding carboxylic acids is 1. The number of nitrogens with zero attached hydrogens (tertiary/aromatic N) is 3. The SMILES string of the molecule is CN1CCN(C(=O)c2n[nH]c3ccc(N)cc23)CC1(C)C. The molecule has 1 aliphatic heterocycles. The number of benzene rings is 1. The summed E-state index contributed by atoms with van der Waals surface area (Å²) < 4.78 is 0. The molecule has 6 heteroatoms. The van der Waals surface area contributed by atoms with E-state index in [1.54, 1.807) is 12.1 Å². The zero-order valence-electron chi connectivity index (χ0n) is 12.7. The van der Waals surface area contributed by atoms with Crippen molar-refractivity contribution >= 4 is 22.5 Å². The van der Waals surface area contributed by atoms with Crippen LogP contribution in [0.3, 0.4) is 0 Å². The van der Waals surface area contributed by atoms with Crippen molar-refractivity contribution in [1.29, 1.82) is 0 Å². The van der Waals surface area contributed by atoms with E-state index < -0.39 is 0 Å². The number of aromatic amines is 1. The summed E-state index contributed by atoms with van der Waals surface area (Å²) in [7, 11) is 2.09. The molecule has 3 N–H and O–H groups in total. The zero-order chi connectivity index (χ0) is 15.2. The van der Waals surface area contributed by atoms with Crippen LogP contribution in [0.15, 0.2) is 18.2 Å². The summed E-state index contributed by atoms with van der Waals surface area (Å²) in [5.74, 6) is -0.0342. The number of rotatable bonds is 1. The quantitative estimate of drug-likeness (QED) is 0.775. The first-order chi connectivity index (χ1) is 9.88. The average molecular weight is 287 g/mol. The molecule has 0 unspecified atom stereocenters. The second kappa shape index (κ2) is 4.73. The number of nitrogens with two attached hydrogens (primary N) is 1. The van der Waals surface area contributed by atoms with Crippen molar-refractivity contribution < 1.29 is 4.79 Å². The first-order valence-corrected chi connectivity index (χ1v) is 7.12. The van der Waals surface area contributed by atoms with E-state index in [1.807, 2.05) is 11.0 Å². The number of aromatic nitrogens is 2. The van der Waals surface area contributed by atoms with E-state index in [0.29, 0.717) is 17.9 Å². The number of nitrogens with one attached hydrogen (secondary N) is 1. The summed E-state index contributed by atoms with van der Waals surface area (Å²) in [5.41, 5.74) is 7.72. The smallest absolute Gasteiger partial charge is 0.275 e. The van der Waals surface area contributed by atoms with Gasteiger partial charge in [-0.15, -0.1) is 0 Å². The number of anilines is 1. The predicted molar refractivity (Wildman–Crippen MR) is 83.1 cm³/mol. The molecule has 6 nitrogen and oxygen atoms in total. The van der Waals surface area contributed by atoms with Crippen LogP contribution >= 0.6 is 0 Å². The molecule has 1 aromatic heterocycles. The average Bonchev–Trinajstić information content (AvgIpc) is 2.84. The van der Waals surface area contributed by atoms with E-state index in [1.165, 1.54) is 0 Å². The Balaban J connectivity index is 1.92. The number of amides is 1. The van der Waals surface area contributed by atoms with Crippen LogP contribution in [0.25, 0.3) is 10.9 Å². The molecule has 2 heterocycles. The summed E-state index contributed by atoms with van der Waals surface area (Å²) in [4.78, 5) is 16.9. The number of H-pyrrole nitrogens is 1. The predicted octanol–water partition coefficient (Wildman–Crippen LogP) is 1.31. The maximum absolute atomic E-state index is 12.8. The van der Waals surface area contributed by atoms with E-state index in [2.05, 4.69) is 36.0 Å². The Kier molecular flexibility index (Phi) is 3.13. The lowest BCUT2D eigenvalue weighted by atomic mass is 9.99. The number of hydrogen-bond donors (Lipinski definition) is 2. The van der Waals surface area contributed by atoms with E-state index in [9.17, 15) is 4.79 Å². The lowest BCUT2D eigenvalue weighted by molar-refractivity contribution is 0.0308. The topological polar surface area (TPSA) is 78.2 Å². The van der Waals surface area contributed by atoms with Crippen LogP contribution in [0.4, 0.5) is 5.69 Å². The monoisotopic (exact) mass is 287 g/mol. The van der Waals surface area contributed by atoms with Gasteiger partial charge in [-0.3, -0.25) is 14.8 Å². The van der Waals surface area contributed by atoms with Gasteiger partial charge < -0.3 is 10.6 Å². The summed E-state index contributed by atoms with van der Waals surface area (Å²) in [6, 6.07) is 5.45. The lowest BCUT2D eigenvalue weighted by Crippen LogP contribution is -2.58. The fourth-order valence-electron chi connectivity index (χ4n) is 2.76. The van der Waals surface area contributed by atoms with Gasteiger partial charge in [0.1, 0.15) is 0 Å². The van der Waals surface area contributed by atoms with Crippen molar-refractivity contribution in [3.8, 4) is 0 Å². The fourth-order valence-corrected chi connectivity index (χ4v) is 2.76. The second-order valence-electron chi connectivity index (χ2n) is 6.34. The maximum atomic E-state index is 12.8. The minimum absolute atomic E-state index is 0.0287. The molecule has 21 heavy (non-hydrogen) atoms. The highest BCUT2D eigenvalue weighted by Crippen LogP contribution is 2.24. The lowest BCUT2D eigenvalue weighted by Gasteiger charge is -2.45. The third kappa shape index (κ3) is 2.35. The van der Waals surface area contributed by atoms with Crippen molar-refractivity contribution in [1.82, 2.24) is 20.0 Å². The molecule has 0 radical (unpaired) electrons. The van der Waals surface area contributed by atoms with Gasteiger partial charge in [-0.1, -0.05) is 0 Å². The van der Waals surface area contributed by atoms with Crippen LogP contribution in [0.5, 0.6) is 0 Å². The van der Waals surface area contributed by atoms with E-state index in [4.69, 9.17) is 5.73 Å². The minimum atomic E-state index is -0.0342. The number of carbonyl (C=O) groups is 1. The van der Waals surface area contributed by atoms with E-state index in [0.717, 1.165) is 24.0 Å². The van der Waals surface area contributed by atoms with Gasteiger partial charge in [0.05, 0.1) is 5.52 Å². The Morgan fingerprint density at radius 1 is 1.38 bits per heavy atom. The van der Waals surface area contributed by atoms with Gasteiger partial charge in [0, 0.05) is 36.2 Å². The summed E-state index contributed by atoms with van der Waals surface area (Å²) >= 11 is 0. The van der Waals surface area contributed by atoms with Gasteiger partial charge >= 0.3 is 0 Å². The van der Waals surface area contributed by atoms with Gasteiger partial charge in [0.25, 0.3) is 5.91 Å². The van der Waals surface area contributed by atoms with Gasteiger partial charge in [-0.25, -0.2) is 0 Å². The van der Waals surface area contributed by atoms with Crippen molar-refractivity contribution in [2.45, 2.75) is 19.4 Å². The molecule has 0 spiro atoms. The first kappa shape index (κ1) is 13.9. The van der Waals surface area contributed by atoms with Gasteiger partial charge in [0.2, 0.25) is 0 Å². The maximum Gasteiger partial charge on any atom is 0.275 e. The highest BCUT2D eigenvalue weighted by atomic mass is 16.2. The molecule has 0 aliphatic carbocycles. The highest BCUT2D eigenvalue weighted by molar-refractivity contribution is 6.05.